The van der Waals surface area contributed by atoms with Crippen LogP contribution in [0.15, 0.2) is 22.7 Å². The number of hydrogen-bond donors (Lipinski definition) is 1. The Morgan fingerprint density at radius 1 is 1.43 bits per heavy atom. The van der Waals surface area contributed by atoms with E-state index in [1.807, 2.05) is 0 Å². The number of anilines is 1. The van der Waals surface area contributed by atoms with Gasteiger partial charge in [0.1, 0.15) is 4.88 Å². The summed E-state index contributed by atoms with van der Waals surface area (Å²) in [6.45, 7) is 1.76. The number of nitrogens with two attached hydrogens (primary N) is 1. The summed E-state index contributed by atoms with van der Waals surface area (Å²) in [5.74, 6) is -0.517. The van der Waals surface area contributed by atoms with Crippen LogP contribution < -0.4 is 5.73 Å². The van der Waals surface area contributed by atoms with Gasteiger partial charge in [-0.1, -0.05) is 15.9 Å². The molecule has 8 heteroatoms. The summed E-state index contributed by atoms with van der Waals surface area (Å²) in [6, 6.07) is 4.60. The molecule has 1 aromatic carbocycles. The maximum absolute atomic E-state index is 11.7. The van der Waals surface area contributed by atoms with Gasteiger partial charge in [0.2, 0.25) is 0 Å². The maximum Gasteiger partial charge on any atom is 0.350 e. The van der Waals surface area contributed by atoms with Crippen molar-refractivity contribution in [3.8, 4) is 10.4 Å². The standard InChI is InChI=1S/C13H11BrN2O4S/c1-6-10(15)12(13(17)20-2)21-11(6)7-3-8(14)5-9(4-7)16(18)19/h3-5H,15H2,1-2H3. The van der Waals surface area contributed by atoms with Gasteiger partial charge < -0.3 is 10.5 Å². The normalized spacial score (nSPS) is 10.4. The molecule has 0 saturated carbocycles. The van der Waals surface area contributed by atoms with Crippen molar-refractivity contribution in [1.29, 1.82) is 0 Å². The lowest BCUT2D eigenvalue weighted by Crippen LogP contribution is -2.01. The molecular formula is C13H11BrN2O4S. The van der Waals surface area contributed by atoms with Crippen LogP contribution in [0.25, 0.3) is 10.4 Å². The Hall–Kier alpha value is -1.93. The number of carbonyl (C=O) groups excluding carboxylic acids is 1. The van der Waals surface area contributed by atoms with Crippen molar-refractivity contribution in [2.75, 3.05) is 12.8 Å². The molecule has 1 aromatic heterocycles. The van der Waals surface area contributed by atoms with Crippen LogP contribution in [0.4, 0.5) is 11.4 Å². The van der Waals surface area contributed by atoms with Crippen molar-refractivity contribution in [2.24, 2.45) is 0 Å². The van der Waals surface area contributed by atoms with Crippen molar-refractivity contribution in [2.45, 2.75) is 6.92 Å². The zero-order chi connectivity index (χ0) is 15.7. The van der Waals surface area contributed by atoms with E-state index in [1.54, 1.807) is 13.0 Å². The van der Waals surface area contributed by atoms with Crippen LogP contribution in [0.3, 0.4) is 0 Å². The molecule has 0 aliphatic heterocycles. The van der Waals surface area contributed by atoms with Gasteiger partial charge in [0, 0.05) is 21.5 Å². The first-order valence-electron chi connectivity index (χ1n) is 5.77. The van der Waals surface area contributed by atoms with Gasteiger partial charge >= 0.3 is 5.97 Å². The molecule has 2 aromatic rings. The molecule has 0 atom stereocenters. The van der Waals surface area contributed by atoms with Gasteiger partial charge in [-0.25, -0.2) is 4.79 Å². The molecule has 0 fully saturated rings. The van der Waals surface area contributed by atoms with E-state index < -0.39 is 10.9 Å². The van der Waals surface area contributed by atoms with Crippen molar-refractivity contribution in [3.63, 3.8) is 0 Å². The molecule has 1 heterocycles. The number of nitro benzene ring substituents is 1. The van der Waals surface area contributed by atoms with E-state index in [-0.39, 0.29) is 5.69 Å². The first-order chi connectivity index (χ1) is 9.85. The minimum Gasteiger partial charge on any atom is -0.465 e. The van der Waals surface area contributed by atoms with Crippen LogP contribution in [0.1, 0.15) is 15.2 Å². The highest BCUT2D eigenvalue weighted by atomic mass is 79.9. The predicted octanol–water partition coefficient (Wildman–Crippen LogP) is 3.76. The van der Waals surface area contributed by atoms with Crippen LogP contribution in [-0.4, -0.2) is 18.0 Å². The number of nitro groups is 1. The number of hydrogen-bond acceptors (Lipinski definition) is 6. The van der Waals surface area contributed by atoms with Gasteiger partial charge in [-0.15, -0.1) is 11.3 Å². The smallest absolute Gasteiger partial charge is 0.350 e. The second-order valence-corrected chi connectivity index (χ2v) is 6.18. The monoisotopic (exact) mass is 370 g/mol. The van der Waals surface area contributed by atoms with Crippen LogP contribution in [-0.2, 0) is 4.74 Å². The average molecular weight is 371 g/mol. The molecule has 0 unspecified atom stereocenters. The van der Waals surface area contributed by atoms with Crippen LogP contribution in [0.5, 0.6) is 0 Å². The molecule has 21 heavy (non-hydrogen) atoms. The molecule has 0 spiro atoms. The van der Waals surface area contributed by atoms with E-state index >= 15 is 0 Å². The number of non-ortho nitro benzene ring substituents is 1. The molecule has 2 rings (SSSR count). The molecular weight excluding hydrogens is 360 g/mol. The van der Waals surface area contributed by atoms with Crippen molar-refractivity contribution < 1.29 is 14.5 Å². The third-order valence-corrected chi connectivity index (χ3v) is 4.71. The summed E-state index contributed by atoms with van der Waals surface area (Å²) >= 11 is 4.41. The minimum atomic E-state index is -0.517. The Kier molecular flexibility index (Phi) is 4.29. The lowest BCUT2D eigenvalue weighted by Gasteiger charge is -2.02. The number of esters is 1. The number of halogens is 1. The van der Waals surface area contributed by atoms with E-state index in [0.717, 1.165) is 11.3 Å². The molecule has 0 aliphatic carbocycles. The van der Waals surface area contributed by atoms with E-state index in [9.17, 15) is 14.9 Å². The molecule has 0 amide bonds. The molecule has 110 valence electrons. The van der Waals surface area contributed by atoms with Gasteiger partial charge in [-0.05, 0) is 24.1 Å². The van der Waals surface area contributed by atoms with E-state index in [1.165, 1.54) is 19.2 Å². The van der Waals surface area contributed by atoms with E-state index in [0.29, 0.717) is 31.0 Å². The fraction of sp³-hybridized carbons (Fsp3) is 0.154. The molecule has 0 bridgehead atoms. The highest BCUT2D eigenvalue weighted by Gasteiger charge is 2.21. The summed E-state index contributed by atoms with van der Waals surface area (Å²) in [7, 11) is 1.28. The minimum absolute atomic E-state index is 0.0367. The summed E-state index contributed by atoms with van der Waals surface area (Å²) in [5, 5.41) is 10.9. The Bertz CT molecular complexity index is 742. The molecule has 6 nitrogen and oxygen atoms in total. The molecule has 0 aliphatic rings. The molecule has 2 N–H and O–H groups in total. The zero-order valence-corrected chi connectivity index (χ0v) is 13.6. The van der Waals surface area contributed by atoms with Gasteiger partial charge in [0.15, 0.2) is 0 Å². The fourth-order valence-electron chi connectivity index (χ4n) is 1.86. The summed E-state index contributed by atoms with van der Waals surface area (Å²) in [5.41, 5.74) is 7.54. The summed E-state index contributed by atoms with van der Waals surface area (Å²) < 4.78 is 5.26. The highest BCUT2D eigenvalue weighted by molar-refractivity contribution is 9.10. The largest absolute Gasteiger partial charge is 0.465 e. The number of nitrogen functional groups attached to an aromatic ring is 1. The van der Waals surface area contributed by atoms with Crippen molar-refractivity contribution in [3.05, 3.63) is 43.2 Å². The van der Waals surface area contributed by atoms with Gasteiger partial charge in [0.25, 0.3) is 5.69 Å². The Morgan fingerprint density at radius 3 is 2.67 bits per heavy atom. The first-order valence-corrected chi connectivity index (χ1v) is 7.38. The van der Waals surface area contributed by atoms with Crippen molar-refractivity contribution in [1.82, 2.24) is 0 Å². The van der Waals surface area contributed by atoms with Crippen LogP contribution >= 0.6 is 27.3 Å². The second kappa shape index (κ2) is 5.82. The van der Waals surface area contributed by atoms with Crippen LogP contribution in [0.2, 0.25) is 0 Å². The molecule has 0 radical (unpaired) electrons. The van der Waals surface area contributed by atoms with Crippen LogP contribution in [0, 0.1) is 17.0 Å². The number of thiophene rings is 1. The van der Waals surface area contributed by atoms with E-state index in [4.69, 9.17) is 5.73 Å². The third-order valence-electron chi connectivity index (χ3n) is 2.92. The van der Waals surface area contributed by atoms with Gasteiger partial charge in [-0.3, -0.25) is 10.1 Å². The summed E-state index contributed by atoms with van der Waals surface area (Å²) in [4.78, 5) is 23.1. The number of methoxy groups -OCH3 is 1. The second-order valence-electron chi connectivity index (χ2n) is 4.25. The Labute approximate surface area is 132 Å². The highest BCUT2D eigenvalue weighted by Crippen LogP contribution is 2.40. The first kappa shape index (κ1) is 15.5. The number of benzene rings is 1. The van der Waals surface area contributed by atoms with Gasteiger partial charge in [-0.2, -0.15) is 0 Å². The zero-order valence-electron chi connectivity index (χ0n) is 11.2. The maximum atomic E-state index is 11.7. The average Bonchev–Trinajstić information content (AvgIpc) is 2.74. The Morgan fingerprint density at radius 2 is 2.10 bits per heavy atom. The number of carbonyl (C=O) groups is 1. The number of ether oxygens (including phenoxy) is 1. The van der Waals surface area contributed by atoms with Gasteiger partial charge in [0.05, 0.1) is 17.7 Å². The quantitative estimate of drug-likeness (QED) is 0.504. The number of rotatable bonds is 3. The van der Waals surface area contributed by atoms with E-state index in [2.05, 4.69) is 20.7 Å². The van der Waals surface area contributed by atoms with Crippen molar-refractivity contribution >= 4 is 44.6 Å². The third kappa shape index (κ3) is 2.91. The Balaban J connectivity index is 2.62. The summed E-state index contributed by atoms with van der Waals surface area (Å²) in [6.07, 6.45) is 0. The number of nitrogens with zero attached hydrogens (tertiary/aromatic N) is 1. The molecule has 0 saturated heterocycles. The lowest BCUT2D eigenvalue weighted by molar-refractivity contribution is -0.384. The predicted molar refractivity (Wildman–Crippen MR) is 84.6 cm³/mol. The SMILES string of the molecule is COC(=O)c1sc(-c2cc(Br)cc([N+](=O)[O-])c2)c(C)c1N. The fourth-order valence-corrected chi connectivity index (χ4v) is 3.47. The topological polar surface area (TPSA) is 95.5 Å². The lowest BCUT2D eigenvalue weighted by atomic mass is 10.1.